The van der Waals surface area contributed by atoms with Crippen LogP contribution in [0.25, 0.3) is 0 Å². The van der Waals surface area contributed by atoms with Crippen molar-refractivity contribution in [3.63, 3.8) is 0 Å². The Hall–Kier alpha value is -1.72. The molecule has 0 saturated heterocycles. The lowest BCUT2D eigenvalue weighted by atomic mass is 10.0. The van der Waals surface area contributed by atoms with Crippen molar-refractivity contribution >= 4 is 28.8 Å². The number of amides is 1. The fourth-order valence-electron chi connectivity index (χ4n) is 2.50. The third-order valence-electron chi connectivity index (χ3n) is 3.66. The maximum absolute atomic E-state index is 12.6. The van der Waals surface area contributed by atoms with Crippen LogP contribution in [-0.2, 0) is 0 Å². The van der Waals surface area contributed by atoms with Crippen molar-refractivity contribution in [1.82, 2.24) is 5.32 Å². The molecule has 1 aliphatic rings. The molecule has 2 aromatic rings. The van der Waals surface area contributed by atoms with E-state index < -0.39 is 0 Å². The molecule has 0 saturated carbocycles. The highest BCUT2D eigenvalue weighted by molar-refractivity contribution is 7.10. The largest absolute Gasteiger partial charge is 0.486 e. The van der Waals surface area contributed by atoms with Crippen molar-refractivity contribution in [3.8, 4) is 11.5 Å². The predicted octanol–water partition coefficient (Wildman–Crippen LogP) is 4.30. The molecule has 1 atom stereocenters. The number of halogens is 1. The summed E-state index contributed by atoms with van der Waals surface area (Å²) in [6.07, 6.45) is 0. The zero-order valence-electron chi connectivity index (χ0n) is 13.0. The summed E-state index contributed by atoms with van der Waals surface area (Å²) in [5, 5.41) is 5.49. The molecule has 0 aliphatic carbocycles. The molecular weight excluding hydrogens is 334 g/mol. The van der Waals surface area contributed by atoms with Gasteiger partial charge in [0.1, 0.15) is 13.2 Å². The smallest absolute Gasteiger partial charge is 0.251 e. The maximum Gasteiger partial charge on any atom is 0.251 e. The van der Waals surface area contributed by atoms with Crippen LogP contribution in [0.1, 0.15) is 35.1 Å². The molecule has 122 valence electrons. The molecule has 1 amide bonds. The molecule has 0 radical (unpaired) electrons. The van der Waals surface area contributed by atoms with E-state index in [2.05, 4.69) is 19.2 Å². The lowest BCUT2D eigenvalue weighted by Crippen LogP contribution is -2.31. The second kappa shape index (κ2) is 6.81. The molecular formula is C17H18ClNO3S. The monoisotopic (exact) mass is 351 g/mol. The molecule has 3 rings (SSSR count). The Morgan fingerprint density at radius 1 is 1.30 bits per heavy atom. The van der Waals surface area contributed by atoms with Crippen molar-refractivity contribution in [1.29, 1.82) is 0 Å². The number of hydrogen-bond donors (Lipinski definition) is 1. The van der Waals surface area contributed by atoms with Gasteiger partial charge in [-0.3, -0.25) is 4.79 Å². The SMILES string of the molecule is CC(C)C(NC(=O)c1cc(Cl)c2c(c1)OCCO2)c1cccs1. The van der Waals surface area contributed by atoms with Gasteiger partial charge < -0.3 is 14.8 Å². The third-order valence-corrected chi connectivity index (χ3v) is 4.90. The van der Waals surface area contributed by atoms with Crippen LogP contribution in [0.15, 0.2) is 29.6 Å². The number of rotatable bonds is 4. The standard InChI is InChI=1S/C17H18ClNO3S/c1-10(2)15(14-4-3-7-23-14)19-17(20)11-8-12(18)16-13(9-11)21-5-6-22-16/h3-4,7-10,15H,5-6H2,1-2H3,(H,19,20). The fraction of sp³-hybridized carbons (Fsp3) is 0.353. The molecule has 1 unspecified atom stereocenters. The molecule has 1 N–H and O–H groups in total. The van der Waals surface area contributed by atoms with E-state index in [0.29, 0.717) is 35.3 Å². The Balaban J connectivity index is 1.84. The summed E-state index contributed by atoms with van der Waals surface area (Å²) in [6.45, 7) is 5.09. The van der Waals surface area contributed by atoms with Crippen molar-refractivity contribution in [2.24, 2.45) is 5.92 Å². The van der Waals surface area contributed by atoms with Crippen LogP contribution in [0.2, 0.25) is 5.02 Å². The first-order valence-electron chi connectivity index (χ1n) is 7.49. The van der Waals surface area contributed by atoms with Gasteiger partial charge in [-0.2, -0.15) is 0 Å². The Morgan fingerprint density at radius 2 is 2.09 bits per heavy atom. The van der Waals surface area contributed by atoms with Crippen LogP contribution in [0.4, 0.5) is 0 Å². The average Bonchev–Trinajstić information content (AvgIpc) is 3.06. The Bertz CT molecular complexity index is 700. The summed E-state index contributed by atoms with van der Waals surface area (Å²) in [6, 6.07) is 7.29. The number of benzene rings is 1. The maximum atomic E-state index is 12.6. The lowest BCUT2D eigenvalue weighted by molar-refractivity contribution is 0.0925. The molecule has 2 heterocycles. The highest BCUT2D eigenvalue weighted by Crippen LogP contribution is 2.38. The zero-order valence-corrected chi connectivity index (χ0v) is 14.5. The molecule has 4 nitrogen and oxygen atoms in total. The number of fused-ring (bicyclic) bond motifs is 1. The van der Waals surface area contributed by atoms with E-state index in [1.165, 1.54) is 0 Å². The molecule has 6 heteroatoms. The van der Waals surface area contributed by atoms with E-state index in [9.17, 15) is 4.79 Å². The number of carbonyl (C=O) groups excluding carboxylic acids is 1. The van der Waals surface area contributed by atoms with E-state index in [4.69, 9.17) is 21.1 Å². The summed E-state index contributed by atoms with van der Waals surface area (Å²) < 4.78 is 11.0. The van der Waals surface area contributed by atoms with Crippen molar-refractivity contribution in [2.45, 2.75) is 19.9 Å². The van der Waals surface area contributed by atoms with Crippen molar-refractivity contribution in [2.75, 3.05) is 13.2 Å². The minimum atomic E-state index is -0.170. The van der Waals surface area contributed by atoms with Crippen molar-refractivity contribution < 1.29 is 14.3 Å². The first-order chi connectivity index (χ1) is 11.1. The molecule has 23 heavy (non-hydrogen) atoms. The van der Waals surface area contributed by atoms with Gasteiger partial charge in [0, 0.05) is 10.4 Å². The average molecular weight is 352 g/mol. The second-order valence-electron chi connectivity index (χ2n) is 5.69. The van der Waals surface area contributed by atoms with Gasteiger partial charge in [0.05, 0.1) is 11.1 Å². The van der Waals surface area contributed by atoms with E-state index in [-0.39, 0.29) is 17.9 Å². The quantitative estimate of drug-likeness (QED) is 0.893. The first kappa shape index (κ1) is 16.1. The van der Waals surface area contributed by atoms with Crippen LogP contribution in [0.3, 0.4) is 0 Å². The lowest BCUT2D eigenvalue weighted by Gasteiger charge is -2.23. The summed E-state index contributed by atoms with van der Waals surface area (Å²) in [5.74, 6) is 1.14. The van der Waals surface area contributed by atoms with E-state index in [0.717, 1.165) is 4.88 Å². The van der Waals surface area contributed by atoms with E-state index in [1.54, 1.807) is 23.5 Å². The van der Waals surface area contributed by atoms with Gasteiger partial charge in [-0.05, 0) is 29.5 Å². The molecule has 0 fully saturated rings. The molecule has 0 bridgehead atoms. The minimum absolute atomic E-state index is 0.0329. The van der Waals surface area contributed by atoms with Crippen LogP contribution >= 0.6 is 22.9 Å². The van der Waals surface area contributed by atoms with Gasteiger partial charge in [0.2, 0.25) is 0 Å². The Kier molecular flexibility index (Phi) is 4.78. The predicted molar refractivity (Wildman–Crippen MR) is 91.8 cm³/mol. The molecule has 0 spiro atoms. The minimum Gasteiger partial charge on any atom is -0.486 e. The topological polar surface area (TPSA) is 47.6 Å². The molecule has 1 aliphatic heterocycles. The van der Waals surface area contributed by atoms with Crippen LogP contribution in [-0.4, -0.2) is 19.1 Å². The first-order valence-corrected chi connectivity index (χ1v) is 8.75. The Morgan fingerprint density at radius 3 is 2.78 bits per heavy atom. The van der Waals surface area contributed by atoms with Gasteiger partial charge in [-0.1, -0.05) is 31.5 Å². The number of carbonyl (C=O) groups is 1. The zero-order chi connectivity index (χ0) is 16.4. The third kappa shape index (κ3) is 3.46. The van der Waals surface area contributed by atoms with Gasteiger partial charge >= 0.3 is 0 Å². The van der Waals surface area contributed by atoms with Crippen LogP contribution < -0.4 is 14.8 Å². The van der Waals surface area contributed by atoms with Crippen molar-refractivity contribution in [3.05, 3.63) is 45.1 Å². The summed E-state index contributed by atoms with van der Waals surface area (Å²) >= 11 is 7.84. The second-order valence-corrected chi connectivity index (χ2v) is 7.08. The highest BCUT2D eigenvalue weighted by Gasteiger charge is 2.23. The van der Waals surface area contributed by atoms with Gasteiger partial charge in [0.25, 0.3) is 5.91 Å². The Labute approximate surface area is 144 Å². The number of thiophene rings is 1. The van der Waals surface area contributed by atoms with Gasteiger partial charge in [0.15, 0.2) is 11.5 Å². The normalized spacial score (nSPS) is 14.6. The fourth-order valence-corrected chi connectivity index (χ4v) is 3.72. The van der Waals surface area contributed by atoms with Crippen LogP contribution in [0, 0.1) is 5.92 Å². The summed E-state index contributed by atoms with van der Waals surface area (Å²) in [7, 11) is 0. The number of nitrogens with one attached hydrogen (secondary N) is 1. The molecule has 1 aromatic heterocycles. The number of ether oxygens (including phenoxy) is 2. The molecule has 1 aromatic carbocycles. The summed E-state index contributed by atoms with van der Waals surface area (Å²) in [5.41, 5.74) is 0.474. The van der Waals surface area contributed by atoms with Crippen LogP contribution in [0.5, 0.6) is 11.5 Å². The summed E-state index contributed by atoms with van der Waals surface area (Å²) in [4.78, 5) is 13.8. The highest BCUT2D eigenvalue weighted by atomic mass is 35.5. The number of hydrogen-bond acceptors (Lipinski definition) is 4. The van der Waals surface area contributed by atoms with Gasteiger partial charge in [-0.25, -0.2) is 0 Å². The van der Waals surface area contributed by atoms with E-state index >= 15 is 0 Å². The van der Waals surface area contributed by atoms with Gasteiger partial charge in [-0.15, -0.1) is 11.3 Å². The van der Waals surface area contributed by atoms with E-state index in [1.807, 2.05) is 17.5 Å².